The van der Waals surface area contributed by atoms with Crippen molar-refractivity contribution in [2.75, 3.05) is 23.8 Å². The lowest BCUT2D eigenvalue weighted by Crippen LogP contribution is -2.33. The molecule has 0 spiro atoms. The molecule has 10 heteroatoms. The number of imide groups is 1. The molecule has 0 fully saturated rings. The van der Waals surface area contributed by atoms with Crippen LogP contribution in [0.2, 0.25) is 0 Å². The molecule has 40 heavy (non-hydrogen) atoms. The van der Waals surface area contributed by atoms with Crippen molar-refractivity contribution in [3.8, 4) is 17.0 Å². The second-order valence-corrected chi connectivity index (χ2v) is 9.00. The topological polar surface area (TPSA) is 105 Å². The van der Waals surface area contributed by atoms with Gasteiger partial charge in [-0.3, -0.25) is 24.2 Å². The van der Waals surface area contributed by atoms with Crippen molar-refractivity contribution in [1.82, 2.24) is 14.3 Å². The van der Waals surface area contributed by atoms with Crippen LogP contribution < -0.4 is 15.4 Å². The molecule has 0 saturated carbocycles. The summed E-state index contributed by atoms with van der Waals surface area (Å²) in [5, 5.41) is 5.63. The minimum atomic E-state index is -0.492. The molecule has 2 N–H and O–H groups in total. The van der Waals surface area contributed by atoms with Crippen LogP contribution in [0.15, 0.2) is 97.2 Å². The van der Waals surface area contributed by atoms with Gasteiger partial charge in [-0.25, -0.2) is 14.2 Å². The third-order valence-electron chi connectivity index (χ3n) is 6.45. The summed E-state index contributed by atoms with van der Waals surface area (Å²) in [6, 6.07) is 24.3. The van der Waals surface area contributed by atoms with Gasteiger partial charge in [-0.1, -0.05) is 18.2 Å². The molecule has 0 atom stereocenters. The maximum Gasteiger partial charge on any atom is 0.324 e. The van der Waals surface area contributed by atoms with Gasteiger partial charge >= 0.3 is 6.03 Å². The number of nitrogens with one attached hydrogen (secondary N) is 2. The van der Waals surface area contributed by atoms with E-state index in [1.165, 1.54) is 17.0 Å². The Morgan fingerprint density at radius 2 is 1.50 bits per heavy atom. The lowest BCUT2D eigenvalue weighted by molar-refractivity contribution is 0.0631. The second kappa shape index (κ2) is 10.3. The maximum absolute atomic E-state index is 13.5. The van der Waals surface area contributed by atoms with Crippen molar-refractivity contribution < 1.29 is 23.5 Å². The highest BCUT2D eigenvalue weighted by atomic mass is 19.1. The fourth-order valence-corrected chi connectivity index (χ4v) is 4.53. The van der Waals surface area contributed by atoms with Crippen LogP contribution in [0.5, 0.6) is 5.75 Å². The number of fused-ring (bicyclic) bond motifs is 2. The SMILES string of the molecule is O=C(Nc1ccc(OCCN2C(=O)c3ccccc3C2=O)cc1)Nc1c(-c2ccc(F)cc2)nc2ccccn12. The molecule has 0 saturated heterocycles. The Hall–Kier alpha value is -5.51. The predicted octanol–water partition coefficient (Wildman–Crippen LogP) is 5.46. The van der Waals surface area contributed by atoms with Crippen molar-refractivity contribution in [1.29, 1.82) is 0 Å². The summed E-state index contributed by atoms with van der Waals surface area (Å²) in [4.78, 5) is 43.6. The summed E-state index contributed by atoms with van der Waals surface area (Å²) < 4.78 is 20.9. The molecule has 1 aliphatic rings. The van der Waals surface area contributed by atoms with Crippen LogP contribution in [0.4, 0.5) is 20.7 Å². The lowest BCUT2D eigenvalue weighted by Gasteiger charge is -2.14. The van der Waals surface area contributed by atoms with Crippen molar-refractivity contribution in [3.05, 3.63) is 114 Å². The van der Waals surface area contributed by atoms with Gasteiger partial charge in [-0.15, -0.1) is 0 Å². The number of carbonyl (C=O) groups excluding carboxylic acids is 3. The van der Waals surface area contributed by atoms with Crippen LogP contribution in [-0.2, 0) is 0 Å². The van der Waals surface area contributed by atoms with Crippen LogP contribution in [0.3, 0.4) is 0 Å². The maximum atomic E-state index is 13.5. The molecule has 6 rings (SSSR count). The summed E-state index contributed by atoms with van der Waals surface area (Å²) in [6.45, 7) is 0.240. The first-order chi connectivity index (χ1) is 19.5. The lowest BCUT2D eigenvalue weighted by atomic mass is 10.1. The number of halogens is 1. The number of hydrogen-bond acceptors (Lipinski definition) is 5. The van der Waals surface area contributed by atoms with Crippen LogP contribution in [-0.4, -0.2) is 45.3 Å². The molecule has 0 bridgehead atoms. The smallest absolute Gasteiger partial charge is 0.324 e. The summed E-state index contributed by atoms with van der Waals surface area (Å²) >= 11 is 0. The van der Waals surface area contributed by atoms with E-state index in [2.05, 4.69) is 15.6 Å². The standard InChI is InChI=1S/C30H22FN5O4/c31-20-10-8-19(9-11-20)26-27(35-16-4-3-7-25(35)33-26)34-30(39)32-21-12-14-22(15-13-21)40-18-17-36-28(37)23-5-1-2-6-24(23)29(36)38/h1-16H,17-18H2,(H2,32,34,39). The molecule has 3 aromatic carbocycles. The predicted molar refractivity (Wildman–Crippen MR) is 147 cm³/mol. The Bertz CT molecular complexity index is 1710. The number of pyridine rings is 1. The monoisotopic (exact) mass is 535 g/mol. The Balaban J connectivity index is 1.08. The number of urea groups is 1. The van der Waals surface area contributed by atoms with E-state index in [0.29, 0.717) is 45.3 Å². The molecule has 3 heterocycles. The van der Waals surface area contributed by atoms with Gasteiger partial charge in [0.05, 0.1) is 17.7 Å². The fourth-order valence-electron chi connectivity index (χ4n) is 4.53. The average molecular weight is 536 g/mol. The molecule has 198 valence electrons. The number of rotatable bonds is 7. The highest BCUT2D eigenvalue weighted by molar-refractivity contribution is 6.21. The van der Waals surface area contributed by atoms with Crippen molar-refractivity contribution in [3.63, 3.8) is 0 Å². The van der Waals surface area contributed by atoms with Crippen molar-refractivity contribution in [2.24, 2.45) is 0 Å². The van der Waals surface area contributed by atoms with E-state index in [4.69, 9.17) is 4.74 Å². The zero-order chi connectivity index (χ0) is 27.6. The van der Waals surface area contributed by atoms with Gasteiger partial charge < -0.3 is 10.1 Å². The Morgan fingerprint density at radius 1 is 0.825 bits per heavy atom. The quantitative estimate of drug-likeness (QED) is 0.269. The molecule has 4 amide bonds. The highest BCUT2D eigenvalue weighted by Crippen LogP contribution is 2.29. The number of hydrogen-bond donors (Lipinski definition) is 2. The number of nitrogens with zero attached hydrogens (tertiary/aromatic N) is 3. The average Bonchev–Trinajstić information content (AvgIpc) is 3.45. The Morgan fingerprint density at radius 3 is 2.20 bits per heavy atom. The first-order valence-corrected chi connectivity index (χ1v) is 12.5. The number of ether oxygens (including phenoxy) is 1. The molecular formula is C30H22FN5O4. The molecule has 0 unspecified atom stereocenters. The van der Waals surface area contributed by atoms with E-state index in [-0.39, 0.29) is 30.8 Å². The summed E-state index contributed by atoms with van der Waals surface area (Å²) in [6.07, 6.45) is 1.78. The second-order valence-electron chi connectivity index (χ2n) is 9.00. The van der Waals surface area contributed by atoms with Gasteiger partial charge in [0, 0.05) is 17.4 Å². The largest absolute Gasteiger partial charge is 0.492 e. The van der Waals surface area contributed by atoms with E-state index >= 15 is 0 Å². The van der Waals surface area contributed by atoms with Crippen LogP contribution >= 0.6 is 0 Å². The third kappa shape index (κ3) is 4.73. The minimum Gasteiger partial charge on any atom is -0.492 e. The van der Waals surface area contributed by atoms with Crippen LogP contribution in [0.25, 0.3) is 16.9 Å². The van der Waals surface area contributed by atoms with E-state index in [1.54, 1.807) is 71.3 Å². The molecule has 0 radical (unpaired) electrons. The number of benzene rings is 3. The first-order valence-electron chi connectivity index (χ1n) is 12.5. The number of aromatic nitrogens is 2. The van der Waals surface area contributed by atoms with E-state index < -0.39 is 6.03 Å². The van der Waals surface area contributed by atoms with Crippen molar-refractivity contribution in [2.45, 2.75) is 0 Å². The van der Waals surface area contributed by atoms with Crippen molar-refractivity contribution >= 4 is 35.0 Å². The van der Waals surface area contributed by atoms with Gasteiger partial charge in [0.15, 0.2) is 0 Å². The fraction of sp³-hybridized carbons (Fsp3) is 0.0667. The van der Waals surface area contributed by atoms with Gasteiger partial charge in [0.1, 0.15) is 35.3 Å². The van der Waals surface area contributed by atoms with E-state index in [9.17, 15) is 18.8 Å². The number of carbonyl (C=O) groups is 3. The van der Waals surface area contributed by atoms with E-state index in [0.717, 1.165) is 0 Å². The van der Waals surface area contributed by atoms with Gasteiger partial charge in [0.2, 0.25) is 0 Å². The highest BCUT2D eigenvalue weighted by Gasteiger charge is 2.34. The Kier molecular flexibility index (Phi) is 6.41. The zero-order valence-electron chi connectivity index (χ0n) is 21.0. The number of amides is 4. The molecule has 5 aromatic rings. The number of anilines is 2. The molecule has 2 aromatic heterocycles. The van der Waals surface area contributed by atoms with Gasteiger partial charge in [-0.2, -0.15) is 0 Å². The molecule has 9 nitrogen and oxygen atoms in total. The van der Waals surface area contributed by atoms with Crippen LogP contribution in [0, 0.1) is 5.82 Å². The van der Waals surface area contributed by atoms with Gasteiger partial charge in [0.25, 0.3) is 11.8 Å². The summed E-state index contributed by atoms with van der Waals surface area (Å²) in [5.74, 6) is -0.0711. The summed E-state index contributed by atoms with van der Waals surface area (Å²) in [5.41, 5.74) is 3.10. The zero-order valence-corrected chi connectivity index (χ0v) is 21.0. The number of imidazole rings is 1. The molecule has 1 aliphatic heterocycles. The third-order valence-corrected chi connectivity index (χ3v) is 6.45. The molecule has 0 aliphatic carbocycles. The van der Waals surface area contributed by atoms with E-state index in [1.807, 2.05) is 18.2 Å². The first kappa shape index (κ1) is 24.8. The molecular weight excluding hydrogens is 513 g/mol. The summed E-state index contributed by atoms with van der Waals surface area (Å²) in [7, 11) is 0. The van der Waals surface area contributed by atoms with Gasteiger partial charge in [-0.05, 0) is 72.8 Å². The van der Waals surface area contributed by atoms with Crippen LogP contribution in [0.1, 0.15) is 20.7 Å². The normalized spacial score (nSPS) is 12.5. The minimum absolute atomic E-state index is 0.116. The Labute approximate surface area is 227 Å².